The van der Waals surface area contributed by atoms with Crippen molar-refractivity contribution in [2.75, 3.05) is 5.32 Å². The van der Waals surface area contributed by atoms with Crippen molar-refractivity contribution in [1.82, 2.24) is 0 Å². The van der Waals surface area contributed by atoms with E-state index in [-0.39, 0.29) is 5.91 Å². The molecule has 34 heavy (non-hydrogen) atoms. The summed E-state index contributed by atoms with van der Waals surface area (Å²) in [5.74, 6) is -0.0578. The molecule has 0 spiro atoms. The van der Waals surface area contributed by atoms with Crippen molar-refractivity contribution in [2.24, 2.45) is 0 Å². The molecule has 5 heteroatoms. The maximum absolute atomic E-state index is 13.3. The fourth-order valence-electron chi connectivity index (χ4n) is 4.63. The van der Waals surface area contributed by atoms with Gasteiger partial charge in [0.05, 0.1) is 0 Å². The quantitative estimate of drug-likeness (QED) is 0.381. The Morgan fingerprint density at radius 1 is 0.941 bits per heavy atom. The lowest BCUT2D eigenvalue weighted by Gasteiger charge is -2.22. The van der Waals surface area contributed by atoms with E-state index in [1.165, 1.54) is 49.0 Å². The van der Waals surface area contributed by atoms with E-state index in [1.54, 1.807) is 0 Å². The number of hydrogen-bond donors (Lipinski definition) is 1. The van der Waals surface area contributed by atoms with Gasteiger partial charge < -0.3 is 10.1 Å². The Bertz CT molecular complexity index is 1150. The molecule has 1 N–H and O–H groups in total. The average Bonchev–Trinajstić information content (AvgIpc) is 3.14. The normalized spacial score (nSPS) is 14.6. The van der Waals surface area contributed by atoms with Gasteiger partial charge in [0.15, 0.2) is 0 Å². The number of benzene rings is 2. The van der Waals surface area contributed by atoms with Crippen molar-refractivity contribution in [2.45, 2.75) is 71.3 Å². The standard InChI is InChI=1S/C29H33NO3S/c1-19-24(22-13-9-6-10-14-22)25(28(32)33-29(2,3)4)27(34-19)30-26(31)23-17-15-21(16-18-23)20-11-7-5-8-12-20/h6,9-10,13-18,20H,5,7-8,11-12H2,1-4H3,(H,30,31). The van der Waals surface area contributed by atoms with Gasteiger partial charge in [-0.05, 0) is 69.7 Å². The molecule has 1 aromatic heterocycles. The predicted octanol–water partition coefficient (Wildman–Crippen LogP) is 7.98. The number of rotatable bonds is 5. The zero-order valence-electron chi connectivity index (χ0n) is 20.4. The molecule has 178 valence electrons. The maximum atomic E-state index is 13.3. The van der Waals surface area contributed by atoms with Gasteiger partial charge >= 0.3 is 5.97 Å². The Morgan fingerprint density at radius 2 is 1.59 bits per heavy atom. The summed E-state index contributed by atoms with van der Waals surface area (Å²) in [6.07, 6.45) is 6.33. The van der Waals surface area contributed by atoms with Crippen molar-refractivity contribution < 1.29 is 14.3 Å². The van der Waals surface area contributed by atoms with E-state index in [4.69, 9.17) is 4.74 Å². The number of nitrogens with one attached hydrogen (secondary N) is 1. The largest absolute Gasteiger partial charge is 0.456 e. The van der Waals surface area contributed by atoms with Gasteiger partial charge in [-0.25, -0.2) is 4.79 Å². The van der Waals surface area contributed by atoms with Crippen molar-refractivity contribution in [3.05, 3.63) is 76.2 Å². The fraction of sp³-hybridized carbons (Fsp3) is 0.379. The molecule has 0 atom stereocenters. The molecule has 0 saturated heterocycles. The lowest BCUT2D eigenvalue weighted by atomic mass is 9.84. The smallest absolute Gasteiger partial charge is 0.342 e. The highest BCUT2D eigenvalue weighted by molar-refractivity contribution is 7.17. The van der Waals surface area contributed by atoms with Crippen molar-refractivity contribution in [1.29, 1.82) is 0 Å². The van der Waals surface area contributed by atoms with Gasteiger partial charge in [0.25, 0.3) is 5.91 Å². The predicted molar refractivity (Wildman–Crippen MR) is 140 cm³/mol. The third-order valence-corrected chi connectivity index (χ3v) is 7.25. The highest BCUT2D eigenvalue weighted by Crippen LogP contribution is 2.41. The van der Waals surface area contributed by atoms with Gasteiger partial charge in [0.2, 0.25) is 0 Å². The Hall–Kier alpha value is -2.92. The third kappa shape index (κ3) is 5.58. The third-order valence-electron chi connectivity index (χ3n) is 6.23. The summed E-state index contributed by atoms with van der Waals surface area (Å²) in [4.78, 5) is 27.4. The van der Waals surface area contributed by atoms with Crippen LogP contribution in [0.15, 0.2) is 54.6 Å². The molecule has 3 aromatic rings. The molecule has 1 aliphatic rings. The molecule has 2 aromatic carbocycles. The van der Waals surface area contributed by atoms with Crippen LogP contribution in [0.2, 0.25) is 0 Å². The van der Waals surface area contributed by atoms with E-state index < -0.39 is 11.6 Å². The van der Waals surface area contributed by atoms with Crippen LogP contribution in [-0.4, -0.2) is 17.5 Å². The molecule has 1 fully saturated rings. The van der Waals surface area contributed by atoms with Crippen LogP contribution < -0.4 is 5.32 Å². The van der Waals surface area contributed by atoms with Crippen LogP contribution in [-0.2, 0) is 4.74 Å². The number of carbonyl (C=O) groups excluding carboxylic acids is 2. The number of carbonyl (C=O) groups is 2. The molecule has 0 bridgehead atoms. The van der Waals surface area contributed by atoms with Crippen LogP contribution in [0.4, 0.5) is 5.00 Å². The summed E-state index contributed by atoms with van der Waals surface area (Å²) in [6.45, 7) is 7.50. The van der Waals surface area contributed by atoms with E-state index >= 15 is 0 Å². The van der Waals surface area contributed by atoms with E-state index in [2.05, 4.69) is 17.4 Å². The SMILES string of the molecule is Cc1sc(NC(=O)c2ccc(C3CCCCC3)cc2)c(C(=O)OC(C)(C)C)c1-c1ccccc1. The molecular formula is C29H33NO3S. The van der Waals surface area contributed by atoms with Crippen molar-refractivity contribution in [3.63, 3.8) is 0 Å². The minimum absolute atomic E-state index is 0.221. The second-order valence-electron chi connectivity index (χ2n) is 10.0. The first-order valence-electron chi connectivity index (χ1n) is 12.1. The highest BCUT2D eigenvalue weighted by Gasteiger charge is 2.28. The van der Waals surface area contributed by atoms with E-state index in [0.29, 0.717) is 22.0 Å². The molecule has 4 nitrogen and oxygen atoms in total. The lowest BCUT2D eigenvalue weighted by molar-refractivity contribution is 0.00721. The Labute approximate surface area is 206 Å². The average molecular weight is 476 g/mol. The Kier molecular flexibility index (Phi) is 7.22. The first-order valence-corrected chi connectivity index (χ1v) is 12.9. The zero-order valence-corrected chi connectivity index (χ0v) is 21.3. The summed E-state index contributed by atoms with van der Waals surface area (Å²) in [7, 11) is 0. The summed E-state index contributed by atoms with van der Waals surface area (Å²) in [5.41, 5.74) is 3.40. The monoisotopic (exact) mass is 475 g/mol. The van der Waals surface area contributed by atoms with Gasteiger partial charge in [-0.15, -0.1) is 11.3 Å². The summed E-state index contributed by atoms with van der Waals surface area (Å²) in [5, 5.41) is 3.52. The minimum atomic E-state index is -0.642. The topological polar surface area (TPSA) is 55.4 Å². The second-order valence-corrected chi connectivity index (χ2v) is 11.2. The molecule has 1 aliphatic carbocycles. The van der Waals surface area contributed by atoms with E-state index in [9.17, 15) is 9.59 Å². The van der Waals surface area contributed by atoms with Crippen LogP contribution in [0.3, 0.4) is 0 Å². The summed E-state index contributed by atoms with van der Waals surface area (Å²) in [6, 6.07) is 17.7. The molecule has 1 heterocycles. The van der Waals surface area contributed by atoms with Crippen LogP contribution in [0, 0.1) is 6.92 Å². The van der Waals surface area contributed by atoms with Gasteiger partial charge in [-0.2, -0.15) is 0 Å². The molecule has 0 unspecified atom stereocenters. The van der Waals surface area contributed by atoms with Crippen molar-refractivity contribution in [3.8, 4) is 11.1 Å². The molecule has 1 saturated carbocycles. The first-order chi connectivity index (χ1) is 16.2. The van der Waals surface area contributed by atoms with Crippen LogP contribution >= 0.6 is 11.3 Å². The van der Waals surface area contributed by atoms with Crippen LogP contribution in [0.1, 0.15) is 89.9 Å². The molecular weight excluding hydrogens is 442 g/mol. The van der Waals surface area contributed by atoms with E-state index in [0.717, 1.165) is 16.0 Å². The molecule has 0 radical (unpaired) electrons. The Balaban J connectivity index is 1.63. The first kappa shape index (κ1) is 24.2. The summed E-state index contributed by atoms with van der Waals surface area (Å²) < 4.78 is 5.73. The summed E-state index contributed by atoms with van der Waals surface area (Å²) >= 11 is 1.41. The van der Waals surface area contributed by atoms with Gasteiger partial charge in [0.1, 0.15) is 16.2 Å². The lowest BCUT2D eigenvalue weighted by Crippen LogP contribution is -2.25. The van der Waals surface area contributed by atoms with Gasteiger partial charge in [-0.3, -0.25) is 4.79 Å². The number of ether oxygens (including phenoxy) is 1. The number of thiophene rings is 1. The highest BCUT2D eigenvalue weighted by atomic mass is 32.1. The Morgan fingerprint density at radius 3 is 2.21 bits per heavy atom. The fourth-order valence-corrected chi connectivity index (χ4v) is 5.69. The van der Waals surface area contributed by atoms with Crippen LogP contribution in [0.25, 0.3) is 11.1 Å². The van der Waals surface area contributed by atoms with Crippen molar-refractivity contribution >= 4 is 28.2 Å². The second kappa shape index (κ2) is 10.1. The number of anilines is 1. The maximum Gasteiger partial charge on any atom is 0.342 e. The van der Waals surface area contributed by atoms with E-state index in [1.807, 2.05) is 70.2 Å². The molecule has 1 amide bonds. The molecule has 4 rings (SSSR count). The number of esters is 1. The molecule has 0 aliphatic heterocycles. The van der Waals surface area contributed by atoms with Crippen LogP contribution in [0.5, 0.6) is 0 Å². The number of aryl methyl sites for hydroxylation is 1. The van der Waals surface area contributed by atoms with Gasteiger partial charge in [0, 0.05) is 16.0 Å². The van der Waals surface area contributed by atoms with Gasteiger partial charge in [-0.1, -0.05) is 61.7 Å². The number of hydrogen-bond acceptors (Lipinski definition) is 4. The number of amides is 1. The zero-order chi connectivity index (χ0) is 24.3. The minimum Gasteiger partial charge on any atom is -0.456 e.